The van der Waals surface area contributed by atoms with Gasteiger partial charge in [-0.2, -0.15) is 18.3 Å². The second-order valence-electron chi connectivity index (χ2n) is 4.33. The zero-order valence-electron chi connectivity index (χ0n) is 10.3. The predicted molar refractivity (Wildman–Crippen MR) is 59.5 cm³/mol. The number of hydrogen-bond acceptors (Lipinski definition) is 2. The highest BCUT2D eigenvalue weighted by molar-refractivity contribution is 5.03. The molecule has 6 heteroatoms. The molecule has 98 valence electrons. The molecule has 1 heterocycles. The first-order valence-electron chi connectivity index (χ1n) is 5.68. The summed E-state index contributed by atoms with van der Waals surface area (Å²) < 4.78 is 38.4. The van der Waals surface area contributed by atoms with E-state index in [1.165, 1.54) is 10.9 Å². The van der Waals surface area contributed by atoms with Crippen LogP contribution in [0.5, 0.6) is 0 Å². The highest BCUT2D eigenvalue weighted by atomic mass is 19.4. The summed E-state index contributed by atoms with van der Waals surface area (Å²) in [4.78, 5) is 0. The minimum atomic E-state index is -4.36. The van der Waals surface area contributed by atoms with Gasteiger partial charge in [-0.25, -0.2) is 0 Å². The Morgan fingerprint density at radius 2 is 2.06 bits per heavy atom. The van der Waals surface area contributed by atoms with Gasteiger partial charge in [0, 0.05) is 12.2 Å². The number of rotatable bonds is 5. The maximum absolute atomic E-state index is 12.4. The molecule has 0 saturated carbocycles. The lowest BCUT2D eigenvalue weighted by Gasteiger charge is -2.21. The molecule has 0 aromatic carbocycles. The smallest absolute Gasteiger partial charge is 0.312 e. The number of nitrogens with zero attached hydrogens (tertiary/aromatic N) is 2. The van der Waals surface area contributed by atoms with Gasteiger partial charge in [0.2, 0.25) is 0 Å². The molecular formula is C11H18F3N3. The monoisotopic (exact) mass is 249 g/mol. The zero-order valence-corrected chi connectivity index (χ0v) is 10.3. The molecule has 0 aliphatic heterocycles. The van der Waals surface area contributed by atoms with Gasteiger partial charge in [-0.05, 0) is 18.5 Å². The fourth-order valence-electron chi connectivity index (χ4n) is 1.59. The molecule has 3 nitrogen and oxygen atoms in total. The van der Waals surface area contributed by atoms with Crippen molar-refractivity contribution in [1.29, 1.82) is 0 Å². The molecule has 1 N–H and O–H groups in total. The van der Waals surface area contributed by atoms with Crippen LogP contribution in [0.25, 0.3) is 0 Å². The van der Waals surface area contributed by atoms with E-state index in [1.807, 2.05) is 20.8 Å². The molecule has 0 radical (unpaired) electrons. The Balaban J connectivity index is 2.70. The van der Waals surface area contributed by atoms with Crippen LogP contribution in [0.4, 0.5) is 13.2 Å². The van der Waals surface area contributed by atoms with Crippen LogP contribution in [0.1, 0.15) is 26.5 Å². The number of nitrogens with one attached hydrogen (secondary N) is 1. The Morgan fingerprint density at radius 1 is 1.41 bits per heavy atom. The number of likely N-dealkylation sites (N-methyl/N-ethyl adjacent to an activating group) is 1. The largest absolute Gasteiger partial charge is 0.435 e. The minimum Gasteiger partial charge on any atom is -0.312 e. The molecule has 0 bridgehead atoms. The van der Waals surface area contributed by atoms with E-state index in [0.717, 1.165) is 12.6 Å². The fraction of sp³-hybridized carbons (Fsp3) is 0.727. The molecule has 1 aromatic rings. The summed E-state index contributed by atoms with van der Waals surface area (Å²) in [6.07, 6.45) is -2.99. The molecule has 0 amide bonds. The molecule has 0 aliphatic carbocycles. The van der Waals surface area contributed by atoms with E-state index in [4.69, 9.17) is 0 Å². The molecule has 1 unspecified atom stereocenters. The minimum absolute atomic E-state index is 0.126. The standard InChI is InChI=1S/C11H18F3N3/c1-4-15-9(8(2)3)7-17-6-5-10(16-17)11(12,13)14/h5-6,8-9,15H,4,7H2,1-3H3. The van der Waals surface area contributed by atoms with E-state index < -0.39 is 11.9 Å². The highest BCUT2D eigenvalue weighted by Crippen LogP contribution is 2.27. The van der Waals surface area contributed by atoms with Crippen molar-refractivity contribution < 1.29 is 13.2 Å². The molecular weight excluding hydrogens is 231 g/mol. The summed E-state index contributed by atoms with van der Waals surface area (Å²) >= 11 is 0. The van der Waals surface area contributed by atoms with Crippen LogP contribution < -0.4 is 5.32 Å². The lowest BCUT2D eigenvalue weighted by Crippen LogP contribution is -2.37. The average molecular weight is 249 g/mol. The second-order valence-corrected chi connectivity index (χ2v) is 4.33. The van der Waals surface area contributed by atoms with Crippen molar-refractivity contribution in [1.82, 2.24) is 15.1 Å². The van der Waals surface area contributed by atoms with Gasteiger partial charge >= 0.3 is 6.18 Å². The van der Waals surface area contributed by atoms with E-state index in [-0.39, 0.29) is 6.04 Å². The zero-order chi connectivity index (χ0) is 13.1. The Hall–Kier alpha value is -1.04. The summed E-state index contributed by atoms with van der Waals surface area (Å²) in [5, 5.41) is 6.77. The highest BCUT2D eigenvalue weighted by Gasteiger charge is 2.33. The van der Waals surface area contributed by atoms with Crippen LogP contribution in [-0.2, 0) is 12.7 Å². The lowest BCUT2D eigenvalue weighted by molar-refractivity contribution is -0.141. The Kier molecular flexibility index (Phi) is 4.56. The number of alkyl halides is 3. The first kappa shape index (κ1) is 14.0. The molecule has 1 rings (SSSR count). The van der Waals surface area contributed by atoms with E-state index in [1.54, 1.807) is 0 Å². The van der Waals surface area contributed by atoms with E-state index in [2.05, 4.69) is 10.4 Å². The van der Waals surface area contributed by atoms with Gasteiger partial charge < -0.3 is 5.32 Å². The van der Waals surface area contributed by atoms with Crippen LogP contribution >= 0.6 is 0 Å². The number of hydrogen-bond donors (Lipinski definition) is 1. The van der Waals surface area contributed by atoms with E-state index in [0.29, 0.717) is 12.5 Å². The van der Waals surface area contributed by atoms with Crippen molar-refractivity contribution >= 4 is 0 Å². The van der Waals surface area contributed by atoms with Crippen LogP contribution in [0.15, 0.2) is 12.3 Å². The van der Waals surface area contributed by atoms with Crippen molar-refractivity contribution in [3.8, 4) is 0 Å². The molecule has 17 heavy (non-hydrogen) atoms. The van der Waals surface area contributed by atoms with Crippen molar-refractivity contribution in [2.75, 3.05) is 6.54 Å². The van der Waals surface area contributed by atoms with Gasteiger partial charge in [0.1, 0.15) is 0 Å². The van der Waals surface area contributed by atoms with Crippen LogP contribution in [-0.4, -0.2) is 22.4 Å². The quantitative estimate of drug-likeness (QED) is 0.869. The summed E-state index contributed by atoms with van der Waals surface area (Å²) in [7, 11) is 0. The molecule has 1 atom stereocenters. The van der Waals surface area contributed by atoms with Crippen molar-refractivity contribution in [2.45, 2.75) is 39.5 Å². The Morgan fingerprint density at radius 3 is 2.47 bits per heavy atom. The maximum Gasteiger partial charge on any atom is 0.435 e. The average Bonchev–Trinajstić information content (AvgIpc) is 2.64. The Labute approximate surface area is 99.0 Å². The molecule has 0 saturated heterocycles. The predicted octanol–water partition coefficient (Wildman–Crippen LogP) is 2.54. The summed E-state index contributed by atoms with van der Waals surface area (Å²) in [6, 6.07) is 1.13. The van der Waals surface area contributed by atoms with E-state index >= 15 is 0 Å². The van der Waals surface area contributed by atoms with Crippen molar-refractivity contribution in [3.63, 3.8) is 0 Å². The third-order valence-corrected chi connectivity index (χ3v) is 2.59. The van der Waals surface area contributed by atoms with Gasteiger partial charge in [-0.1, -0.05) is 20.8 Å². The molecule has 0 aliphatic rings. The van der Waals surface area contributed by atoms with Crippen LogP contribution in [0.2, 0.25) is 0 Å². The topological polar surface area (TPSA) is 29.9 Å². The summed E-state index contributed by atoms with van der Waals surface area (Å²) in [6.45, 7) is 7.26. The maximum atomic E-state index is 12.4. The second kappa shape index (κ2) is 5.53. The SMILES string of the molecule is CCNC(Cn1ccc(C(F)(F)F)n1)C(C)C. The fourth-order valence-corrected chi connectivity index (χ4v) is 1.59. The molecule has 0 spiro atoms. The van der Waals surface area contributed by atoms with Gasteiger partial charge in [-0.3, -0.25) is 4.68 Å². The number of halogens is 3. The van der Waals surface area contributed by atoms with Gasteiger partial charge in [0.05, 0.1) is 6.54 Å². The van der Waals surface area contributed by atoms with E-state index in [9.17, 15) is 13.2 Å². The van der Waals surface area contributed by atoms with Crippen molar-refractivity contribution in [3.05, 3.63) is 18.0 Å². The van der Waals surface area contributed by atoms with Gasteiger partial charge in [0.25, 0.3) is 0 Å². The van der Waals surface area contributed by atoms with Gasteiger partial charge in [0.15, 0.2) is 5.69 Å². The van der Waals surface area contributed by atoms with Crippen LogP contribution in [0, 0.1) is 5.92 Å². The number of aromatic nitrogens is 2. The molecule has 1 aromatic heterocycles. The third-order valence-electron chi connectivity index (χ3n) is 2.59. The Bertz CT molecular complexity index is 344. The first-order valence-corrected chi connectivity index (χ1v) is 5.68. The van der Waals surface area contributed by atoms with Crippen molar-refractivity contribution in [2.24, 2.45) is 5.92 Å². The third kappa shape index (κ3) is 4.03. The normalized spacial score (nSPS) is 14.3. The van der Waals surface area contributed by atoms with Crippen LogP contribution in [0.3, 0.4) is 0 Å². The lowest BCUT2D eigenvalue weighted by atomic mass is 10.0. The summed E-state index contributed by atoms with van der Waals surface area (Å²) in [5.41, 5.74) is -0.837. The molecule has 0 fully saturated rings. The van der Waals surface area contributed by atoms with Gasteiger partial charge in [-0.15, -0.1) is 0 Å². The summed E-state index contributed by atoms with van der Waals surface area (Å²) in [5.74, 6) is 0.341. The first-order chi connectivity index (χ1) is 7.84.